The quantitative estimate of drug-likeness (QED) is 0.608. The van der Waals surface area contributed by atoms with E-state index in [9.17, 15) is 18.0 Å². The molecule has 0 N–H and O–H groups in total. The van der Waals surface area contributed by atoms with E-state index in [4.69, 9.17) is 4.74 Å². The van der Waals surface area contributed by atoms with Crippen molar-refractivity contribution < 1.29 is 22.7 Å². The summed E-state index contributed by atoms with van der Waals surface area (Å²) in [6, 6.07) is 5.27. The number of piperidine rings is 1. The molecule has 12 heteroatoms. The van der Waals surface area contributed by atoms with E-state index in [2.05, 4.69) is 25.4 Å². The van der Waals surface area contributed by atoms with Crippen LogP contribution in [0.25, 0.3) is 5.69 Å². The zero-order valence-electron chi connectivity index (χ0n) is 16.9. The van der Waals surface area contributed by atoms with Crippen LogP contribution in [-0.4, -0.2) is 59.7 Å². The normalized spacial score (nSPS) is 22.4. The Hall–Kier alpha value is -3.57. The molecule has 1 saturated heterocycles. The molecule has 0 spiro atoms. The molecule has 2 aliphatic rings. The molecule has 3 aromatic rings. The Bertz CT molecular complexity index is 1140. The molecule has 2 bridgehead atoms. The van der Waals surface area contributed by atoms with Gasteiger partial charge in [0.25, 0.3) is 5.91 Å². The molecule has 3 unspecified atom stereocenters. The molecule has 1 aliphatic carbocycles. The second kappa shape index (κ2) is 7.53. The number of pyridine rings is 1. The van der Waals surface area contributed by atoms with Crippen molar-refractivity contribution >= 4 is 5.91 Å². The Morgan fingerprint density at radius 1 is 1.09 bits per heavy atom. The van der Waals surface area contributed by atoms with Gasteiger partial charge in [-0.15, -0.1) is 15.0 Å². The van der Waals surface area contributed by atoms with Gasteiger partial charge in [-0.1, -0.05) is 0 Å². The SMILES string of the molecule is Cc1ccc(-n2nccn2)c(C(=O)N2CC3CC(Oc4ccc(C(F)(F)F)nn4)C2C3)n1. The largest absolute Gasteiger partial charge is 0.471 e. The van der Waals surface area contributed by atoms with Gasteiger partial charge in [-0.3, -0.25) is 4.79 Å². The number of likely N-dealkylation sites (tertiary alicyclic amines) is 1. The fraction of sp³-hybridized carbons (Fsp3) is 0.400. The molecule has 3 atom stereocenters. The highest BCUT2D eigenvalue weighted by atomic mass is 19.4. The van der Waals surface area contributed by atoms with Crippen LogP contribution in [0.3, 0.4) is 0 Å². The minimum Gasteiger partial charge on any atom is -0.471 e. The van der Waals surface area contributed by atoms with Crippen LogP contribution in [0.1, 0.15) is 34.7 Å². The molecule has 166 valence electrons. The maximum absolute atomic E-state index is 13.4. The Kier molecular flexibility index (Phi) is 4.79. The summed E-state index contributed by atoms with van der Waals surface area (Å²) >= 11 is 0. The smallest absolute Gasteiger partial charge is 0.435 e. The van der Waals surface area contributed by atoms with Gasteiger partial charge in [0.2, 0.25) is 5.88 Å². The predicted octanol–water partition coefficient (Wildman–Crippen LogP) is 2.46. The topological polar surface area (TPSA) is 98.9 Å². The summed E-state index contributed by atoms with van der Waals surface area (Å²) in [5.41, 5.74) is 0.308. The lowest BCUT2D eigenvalue weighted by molar-refractivity contribution is -0.141. The van der Waals surface area contributed by atoms with Gasteiger partial charge in [0.15, 0.2) is 11.4 Å². The van der Waals surface area contributed by atoms with Gasteiger partial charge in [0, 0.05) is 18.3 Å². The van der Waals surface area contributed by atoms with Gasteiger partial charge < -0.3 is 9.64 Å². The van der Waals surface area contributed by atoms with Crippen molar-refractivity contribution in [2.45, 2.75) is 38.1 Å². The molecule has 1 aliphatic heterocycles. The molecule has 1 amide bonds. The van der Waals surface area contributed by atoms with Gasteiger partial charge in [-0.25, -0.2) is 4.98 Å². The number of hydrogen-bond donors (Lipinski definition) is 0. The highest BCUT2D eigenvalue weighted by Crippen LogP contribution is 2.40. The number of hydrogen-bond acceptors (Lipinski definition) is 7. The third kappa shape index (κ3) is 3.65. The van der Waals surface area contributed by atoms with Gasteiger partial charge in [-0.05, 0) is 43.9 Å². The van der Waals surface area contributed by atoms with Crippen LogP contribution in [0, 0.1) is 12.8 Å². The number of ether oxygens (including phenoxy) is 1. The van der Waals surface area contributed by atoms with Crippen LogP contribution in [0.2, 0.25) is 0 Å². The van der Waals surface area contributed by atoms with Crippen molar-refractivity contribution in [2.24, 2.45) is 5.92 Å². The van der Waals surface area contributed by atoms with Crippen molar-refractivity contribution in [3.05, 3.63) is 53.7 Å². The molecule has 32 heavy (non-hydrogen) atoms. The molecule has 0 aromatic carbocycles. The maximum atomic E-state index is 13.4. The van der Waals surface area contributed by atoms with Gasteiger partial charge >= 0.3 is 6.18 Å². The molecule has 5 rings (SSSR count). The summed E-state index contributed by atoms with van der Waals surface area (Å²) in [7, 11) is 0. The third-order valence-electron chi connectivity index (χ3n) is 5.74. The minimum absolute atomic E-state index is 0.00180. The van der Waals surface area contributed by atoms with Crippen molar-refractivity contribution in [2.75, 3.05) is 6.54 Å². The highest BCUT2D eigenvalue weighted by Gasteiger charge is 2.49. The Labute approximate surface area is 180 Å². The standard InChI is InChI=1S/C20H18F3N7O2/c1-11-2-3-13(30-24-6-7-25-30)18(26-11)19(31)29-10-12-8-14(29)15(9-12)32-17-5-4-16(27-28-17)20(21,22)23/h2-7,12,14-15H,8-10H2,1H3. The highest BCUT2D eigenvalue weighted by molar-refractivity contribution is 5.96. The van der Waals surface area contributed by atoms with Gasteiger partial charge in [0.1, 0.15) is 11.8 Å². The Morgan fingerprint density at radius 3 is 2.53 bits per heavy atom. The number of halogens is 3. The Morgan fingerprint density at radius 2 is 1.88 bits per heavy atom. The van der Waals surface area contributed by atoms with Crippen molar-refractivity contribution in [1.29, 1.82) is 0 Å². The average Bonchev–Trinajstić information content (AvgIpc) is 3.50. The average molecular weight is 445 g/mol. The van der Waals surface area contributed by atoms with Crippen LogP contribution in [0.15, 0.2) is 36.7 Å². The van der Waals surface area contributed by atoms with E-state index in [1.54, 1.807) is 24.0 Å². The van der Waals surface area contributed by atoms with E-state index in [1.165, 1.54) is 17.2 Å². The summed E-state index contributed by atoms with van der Waals surface area (Å²) in [5.74, 6) is -0.0363. The Balaban J connectivity index is 1.37. The second-order valence-electron chi connectivity index (χ2n) is 7.91. The number of carbonyl (C=O) groups excluding carboxylic acids is 1. The lowest BCUT2D eigenvalue weighted by Gasteiger charge is -2.33. The number of fused-ring (bicyclic) bond motifs is 2. The first-order valence-electron chi connectivity index (χ1n) is 10.0. The molecule has 0 radical (unpaired) electrons. The van der Waals surface area contributed by atoms with Crippen LogP contribution in [-0.2, 0) is 6.18 Å². The lowest BCUT2D eigenvalue weighted by Crippen LogP contribution is -2.47. The van der Waals surface area contributed by atoms with E-state index in [0.29, 0.717) is 24.3 Å². The maximum Gasteiger partial charge on any atom is 0.435 e. The van der Waals surface area contributed by atoms with Gasteiger partial charge in [-0.2, -0.15) is 23.4 Å². The van der Waals surface area contributed by atoms with Crippen LogP contribution < -0.4 is 4.74 Å². The number of aryl methyl sites for hydroxylation is 1. The first-order valence-corrected chi connectivity index (χ1v) is 10.0. The van der Waals surface area contributed by atoms with Crippen LogP contribution in [0.5, 0.6) is 5.88 Å². The third-order valence-corrected chi connectivity index (χ3v) is 5.74. The molecular formula is C20H18F3N7O2. The zero-order valence-corrected chi connectivity index (χ0v) is 16.9. The monoisotopic (exact) mass is 445 g/mol. The summed E-state index contributed by atoms with van der Waals surface area (Å²) in [6.45, 7) is 2.35. The van der Waals surface area contributed by atoms with Crippen LogP contribution in [0.4, 0.5) is 13.2 Å². The summed E-state index contributed by atoms with van der Waals surface area (Å²) < 4.78 is 44.0. The summed E-state index contributed by atoms with van der Waals surface area (Å²) in [4.78, 5) is 20.9. The first-order chi connectivity index (χ1) is 15.3. The van der Waals surface area contributed by atoms with Crippen molar-refractivity contribution in [1.82, 2.24) is 35.1 Å². The van der Waals surface area contributed by atoms with E-state index >= 15 is 0 Å². The lowest BCUT2D eigenvalue weighted by atomic mass is 10.1. The fourth-order valence-corrected chi connectivity index (χ4v) is 4.36. The first kappa shape index (κ1) is 20.3. The van der Waals surface area contributed by atoms with Gasteiger partial charge in [0.05, 0.1) is 18.4 Å². The number of nitrogens with zero attached hydrogens (tertiary/aromatic N) is 7. The number of amides is 1. The molecule has 2 fully saturated rings. The summed E-state index contributed by atoms with van der Waals surface area (Å²) in [6.07, 6.45) is -0.498. The predicted molar refractivity (Wildman–Crippen MR) is 103 cm³/mol. The molecule has 1 saturated carbocycles. The van der Waals surface area contributed by atoms with E-state index in [-0.39, 0.29) is 35.5 Å². The summed E-state index contributed by atoms with van der Waals surface area (Å²) in [5, 5.41) is 15.0. The number of carbonyl (C=O) groups is 1. The zero-order chi connectivity index (χ0) is 22.5. The van der Waals surface area contributed by atoms with Crippen molar-refractivity contribution in [3.8, 4) is 11.6 Å². The fourth-order valence-electron chi connectivity index (χ4n) is 4.36. The van der Waals surface area contributed by atoms with Crippen LogP contribution >= 0.6 is 0 Å². The van der Waals surface area contributed by atoms with E-state index < -0.39 is 11.9 Å². The number of aromatic nitrogens is 6. The molecule has 4 heterocycles. The van der Waals surface area contributed by atoms with Crippen molar-refractivity contribution in [3.63, 3.8) is 0 Å². The minimum atomic E-state index is -4.57. The number of rotatable bonds is 4. The van der Waals surface area contributed by atoms with E-state index in [0.717, 1.165) is 18.6 Å². The second-order valence-corrected chi connectivity index (χ2v) is 7.91. The number of alkyl halides is 3. The molecular weight excluding hydrogens is 427 g/mol. The molecule has 3 aromatic heterocycles. The van der Waals surface area contributed by atoms with E-state index in [1.807, 2.05) is 0 Å². The molecule has 9 nitrogen and oxygen atoms in total.